The molecule has 0 radical (unpaired) electrons. The van der Waals surface area contributed by atoms with Gasteiger partial charge in [-0.3, -0.25) is 14.6 Å². The van der Waals surface area contributed by atoms with E-state index in [9.17, 15) is 4.79 Å². The summed E-state index contributed by atoms with van der Waals surface area (Å²) < 4.78 is 2.20. The van der Waals surface area contributed by atoms with E-state index in [1.54, 1.807) is 0 Å². The van der Waals surface area contributed by atoms with Gasteiger partial charge in [0.25, 0.3) is 0 Å². The molecule has 1 amide bonds. The minimum Gasteiger partial charge on any atom is -0.340 e. The largest absolute Gasteiger partial charge is 0.340 e. The van der Waals surface area contributed by atoms with Gasteiger partial charge in [0.05, 0.1) is 12.6 Å². The second-order valence-electron chi connectivity index (χ2n) is 7.22. The molecule has 3 rings (SSSR count). The molecule has 25 heavy (non-hydrogen) atoms. The van der Waals surface area contributed by atoms with E-state index < -0.39 is 0 Å². The zero-order chi connectivity index (χ0) is 17.6. The number of aromatic nitrogens is 2. The highest BCUT2D eigenvalue weighted by molar-refractivity contribution is 5.82. The Bertz CT molecular complexity index is 558. The average Bonchev–Trinajstić information content (AvgIpc) is 2.97. The van der Waals surface area contributed by atoms with Crippen molar-refractivity contribution in [3.05, 3.63) is 18.2 Å². The summed E-state index contributed by atoms with van der Waals surface area (Å²) in [5.41, 5.74) is 0. The number of nitrogens with zero attached hydrogens (tertiary/aromatic N) is 5. The third-order valence-electron chi connectivity index (χ3n) is 5.71. The van der Waals surface area contributed by atoms with Crippen LogP contribution in [-0.2, 0) is 17.9 Å². The van der Waals surface area contributed by atoms with Gasteiger partial charge in [-0.25, -0.2) is 4.98 Å². The molecule has 2 saturated heterocycles. The van der Waals surface area contributed by atoms with Crippen LogP contribution in [0.3, 0.4) is 0 Å². The van der Waals surface area contributed by atoms with Crippen molar-refractivity contribution in [2.75, 3.05) is 39.3 Å². The quantitative estimate of drug-likeness (QED) is 0.815. The van der Waals surface area contributed by atoms with E-state index in [0.29, 0.717) is 5.91 Å². The number of piperidine rings is 1. The van der Waals surface area contributed by atoms with Crippen molar-refractivity contribution in [1.82, 2.24) is 24.3 Å². The maximum atomic E-state index is 13.0. The molecule has 2 fully saturated rings. The van der Waals surface area contributed by atoms with Crippen molar-refractivity contribution in [2.24, 2.45) is 0 Å². The Hall–Kier alpha value is -1.40. The molecule has 6 nitrogen and oxygen atoms in total. The zero-order valence-corrected chi connectivity index (χ0v) is 15.9. The monoisotopic (exact) mass is 347 g/mol. The maximum absolute atomic E-state index is 13.0. The Morgan fingerprint density at radius 2 is 1.96 bits per heavy atom. The van der Waals surface area contributed by atoms with E-state index in [0.717, 1.165) is 71.0 Å². The summed E-state index contributed by atoms with van der Waals surface area (Å²) >= 11 is 0. The van der Waals surface area contributed by atoms with Crippen molar-refractivity contribution in [3.63, 3.8) is 0 Å². The number of aryl methyl sites for hydroxylation is 1. The normalized spacial score (nSPS) is 23.6. The molecule has 0 aromatic carbocycles. The number of carbonyl (C=O) groups is 1. The minimum absolute atomic E-state index is 0.115. The summed E-state index contributed by atoms with van der Waals surface area (Å²) in [5, 5.41) is 0. The Morgan fingerprint density at radius 3 is 2.76 bits per heavy atom. The Kier molecular flexibility index (Phi) is 6.48. The first-order valence-corrected chi connectivity index (χ1v) is 9.98. The predicted molar refractivity (Wildman–Crippen MR) is 99.3 cm³/mol. The highest BCUT2D eigenvalue weighted by Gasteiger charge is 2.31. The summed E-state index contributed by atoms with van der Waals surface area (Å²) in [4.78, 5) is 24.5. The number of amides is 1. The second-order valence-corrected chi connectivity index (χ2v) is 7.22. The van der Waals surface area contributed by atoms with Crippen LogP contribution in [-0.4, -0.2) is 75.5 Å². The van der Waals surface area contributed by atoms with Crippen molar-refractivity contribution in [3.8, 4) is 0 Å². The lowest BCUT2D eigenvalue weighted by Crippen LogP contribution is -2.51. The molecule has 1 unspecified atom stereocenters. The third kappa shape index (κ3) is 4.42. The van der Waals surface area contributed by atoms with Crippen molar-refractivity contribution < 1.29 is 4.79 Å². The van der Waals surface area contributed by atoms with Gasteiger partial charge in [-0.2, -0.15) is 0 Å². The summed E-state index contributed by atoms with van der Waals surface area (Å²) in [6, 6.07) is 0.115. The Labute approximate surface area is 151 Å². The minimum atomic E-state index is 0.115. The second kappa shape index (κ2) is 8.81. The van der Waals surface area contributed by atoms with Gasteiger partial charge >= 0.3 is 0 Å². The van der Waals surface area contributed by atoms with E-state index in [1.807, 2.05) is 12.4 Å². The molecule has 3 heterocycles. The number of carbonyl (C=O) groups excluding carboxylic acids is 1. The summed E-state index contributed by atoms with van der Waals surface area (Å²) in [7, 11) is 0. The molecule has 2 aliphatic heterocycles. The number of rotatable bonds is 5. The first-order chi connectivity index (χ1) is 12.2. The smallest absolute Gasteiger partial charge is 0.239 e. The first kappa shape index (κ1) is 18.4. The van der Waals surface area contributed by atoms with E-state index >= 15 is 0 Å². The van der Waals surface area contributed by atoms with Crippen LogP contribution in [0.5, 0.6) is 0 Å². The molecule has 0 bridgehead atoms. The summed E-state index contributed by atoms with van der Waals surface area (Å²) in [6.45, 7) is 12.0. The van der Waals surface area contributed by atoms with E-state index in [-0.39, 0.29) is 6.04 Å². The summed E-state index contributed by atoms with van der Waals surface area (Å²) in [6.07, 6.45) is 8.43. The molecule has 1 aromatic rings. The van der Waals surface area contributed by atoms with Gasteiger partial charge in [-0.1, -0.05) is 13.3 Å². The first-order valence-electron chi connectivity index (χ1n) is 9.98. The number of likely N-dealkylation sites (tertiary alicyclic amines) is 1. The maximum Gasteiger partial charge on any atom is 0.239 e. The molecular formula is C19H33N5O. The van der Waals surface area contributed by atoms with Crippen LogP contribution >= 0.6 is 0 Å². The predicted octanol–water partition coefficient (Wildman–Crippen LogP) is 1.81. The molecule has 0 saturated carbocycles. The number of hydrogen-bond donors (Lipinski definition) is 0. The van der Waals surface area contributed by atoms with Crippen molar-refractivity contribution >= 4 is 5.91 Å². The average molecular weight is 348 g/mol. The van der Waals surface area contributed by atoms with Crippen LogP contribution in [0.2, 0.25) is 0 Å². The molecule has 0 N–H and O–H groups in total. The molecule has 2 aliphatic rings. The zero-order valence-electron chi connectivity index (χ0n) is 15.9. The molecule has 6 heteroatoms. The standard InChI is InChI=1S/C19H33N5O/c1-3-22-11-6-5-8-17(22)19(25)24-12-7-10-21(14-15-24)16-18-20-9-13-23(18)4-2/h9,13,17H,3-8,10-12,14-16H2,1-2H3. The van der Waals surface area contributed by atoms with Crippen LogP contribution in [0.4, 0.5) is 0 Å². The van der Waals surface area contributed by atoms with E-state index in [4.69, 9.17) is 0 Å². The van der Waals surface area contributed by atoms with Crippen molar-refractivity contribution in [2.45, 2.75) is 58.7 Å². The Balaban J connectivity index is 1.56. The van der Waals surface area contributed by atoms with Crippen LogP contribution in [0.1, 0.15) is 45.4 Å². The summed E-state index contributed by atoms with van der Waals surface area (Å²) in [5.74, 6) is 1.49. The molecule has 1 atom stereocenters. The fraction of sp³-hybridized carbons (Fsp3) is 0.789. The van der Waals surface area contributed by atoms with Gasteiger partial charge in [0, 0.05) is 45.1 Å². The molecule has 140 valence electrons. The van der Waals surface area contributed by atoms with Crippen LogP contribution in [0.15, 0.2) is 12.4 Å². The number of hydrogen-bond acceptors (Lipinski definition) is 4. The molecule has 0 aliphatic carbocycles. The van der Waals surface area contributed by atoms with E-state index in [2.05, 4.69) is 38.1 Å². The Morgan fingerprint density at radius 1 is 1.08 bits per heavy atom. The lowest BCUT2D eigenvalue weighted by molar-refractivity contribution is -0.138. The molecule has 1 aromatic heterocycles. The lowest BCUT2D eigenvalue weighted by Gasteiger charge is -2.36. The fourth-order valence-corrected chi connectivity index (χ4v) is 4.19. The van der Waals surface area contributed by atoms with Crippen molar-refractivity contribution in [1.29, 1.82) is 0 Å². The number of imidazole rings is 1. The fourth-order valence-electron chi connectivity index (χ4n) is 4.19. The molecular weight excluding hydrogens is 314 g/mol. The van der Waals surface area contributed by atoms with Gasteiger partial charge in [0.15, 0.2) is 0 Å². The number of likely N-dealkylation sites (N-methyl/N-ethyl adjacent to an activating group) is 1. The van der Waals surface area contributed by atoms with Gasteiger partial charge in [-0.15, -0.1) is 0 Å². The van der Waals surface area contributed by atoms with Gasteiger partial charge in [0.1, 0.15) is 5.82 Å². The third-order valence-corrected chi connectivity index (χ3v) is 5.71. The lowest BCUT2D eigenvalue weighted by atomic mass is 10.0. The topological polar surface area (TPSA) is 44.6 Å². The van der Waals surface area contributed by atoms with Crippen LogP contribution < -0.4 is 0 Å². The van der Waals surface area contributed by atoms with Crippen LogP contribution in [0.25, 0.3) is 0 Å². The highest BCUT2D eigenvalue weighted by atomic mass is 16.2. The van der Waals surface area contributed by atoms with Gasteiger partial charge in [-0.05, 0) is 39.3 Å². The van der Waals surface area contributed by atoms with Gasteiger partial charge < -0.3 is 9.47 Å². The van der Waals surface area contributed by atoms with Gasteiger partial charge in [0.2, 0.25) is 5.91 Å². The van der Waals surface area contributed by atoms with E-state index in [1.165, 1.54) is 12.8 Å². The molecule has 0 spiro atoms. The van der Waals surface area contributed by atoms with Crippen LogP contribution in [0, 0.1) is 0 Å². The SMILES string of the molecule is CCN1CCCCC1C(=O)N1CCCN(Cc2nccn2CC)CC1. The highest BCUT2D eigenvalue weighted by Crippen LogP contribution is 2.19.